The molecular formula is C10H18N2. The van der Waals surface area contributed by atoms with Crippen molar-refractivity contribution >= 4 is 12.4 Å². The summed E-state index contributed by atoms with van der Waals surface area (Å²) < 4.78 is 0. The largest absolute Gasteiger partial charge is 0.164 e. The van der Waals surface area contributed by atoms with Crippen molar-refractivity contribution in [3.05, 3.63) is 12.7 Å². The topological polar surface area (TPSA) is 24.7 Å². The van der Waals surface area contributed by atoms with Gasteiger partial charge in [-0.25, -0.2) is 0 Å². The summed E-state index contributed by atoms with van der Waals surface area (Å²) >= 11 is 0. The second-order valence-electron chi connectivity index (χ2n) is 2.83. The lowest BCUT2D eigenvalue weighted by molar-refractivity contribution is 0.777. The van der Waals surface area contributed by atoms with Crippen LogP contribution in [0.1, 0.15) is 33.1 Å². The molecule has 0 saturated heterocycles. The van der Waals surface area contributed by atoms with E-state index in [1.54, 1.807) is 0 Å². The quantitative estimate of drug-likeness (QED) is 0.329. The molecular weight excluding hydrogens is 148 g/mol. The summed E-state index contributed by atoms with van der Waals surface area (Å²) in [4.78, 5) is 0. The number of nitrogens with zero attached hydrogens (tertiary/aromatic N) is 2. The Balaban J connectivity index is 3.42. The normalized spacial score (nSPS) is 14.2. The van der Waals surface area contributed by atoms with E-state index in [0.717, 1.165) is 19.3 Å². The number of rotatable bonds is 6. The smallest absolute Gasteiger partial charge is 0.0275 e. The molecule has 0 aromatic carbocycles. The third kappa shape index (κ3) is 7.19. The standard InChI is InChI=1S/C10H18N2/c1-4-6-8-11-12-9-7-10(3)5-2/h5,8-10H,2,4,6-7H2,1,3H3/b11-8+,12-9?. The van der Waals surface area contributed by atoms with Crippen LogP contribution in [0.5, 0.6) is 0 Å². The molecule has 68 valence electrons. The first-order valence-corrected chi connectivity index (χ1v) is 4.47. The van der Waals surface area contributed by atoms with Crippen LogP contribution in [0.2, 0.25) is 0 Å². The van der Waals surface area contributed by atoms with Gasteiger partial charge in [0.25, 0.3) is 0 Å². The van der Waals surface area contributed by atoms with E-state index in [4.69, 9.17) is 0 Å². The zero-order valence-electron chi connectivity index (χ0n) is 8.03. The van der Waals surface area contributed by atoms with Gasteiger partial charge in [0.15, 0.2) is 0 Å². The first kappa shape index (κ1) is 11.1. The molecule has 0 bridgehead atoms. The molecule has 0 aromatic rings. The minimum Gasteiger partial charge on any atom is -0.164 e. The Kier molecular flexibility index (Phi) is 7.55. The second-order valence-corrected chi connectivity index (χ2v) is 2.83. The minimum atomic E-state index is 0.495. The van der Waals surface area contributed by atoms with E-state index < -0.39 is 0 Å². The maximum atomic E-state index is 3.89. The molecule has 0 fully saturated rings. The zero-order valence-corrected chi connectivity index (χ0v) is 8.03. The molecule has 1 atom stereocenters. The van der Waals surface area contributed by atoms with E-state index >= 15 is 0 Å². The molecule has 0 aliphatic rings. The Labute approximate surface area is 75.1 Å². The summed E-state index contributed by atoms with van der Waals surface area (Å²) in [6.07, 6.45) is 8.65. The van der Waals surface area contributed by atoms with Crippen LogP contribution in [0.4, 0.5) is 0 Å². The summed E-state index contributed by atoms with van der Waals surface area (Å²) in [7, 11) is 0. The Morgan fingerprint density at radius 2 is 2.00 bits per heavy atom. The number of unbranched alkanes of at least 4 members (excludes halogenated alkanes) is 1. The zero-order chi connectivity index (χ0) is 9.23. The summed E-state index contributed by atoms with van der Waals surface area (Å²) in [5.41, 5.74) is 0. The Morgan fingerprint density at radius 3 is 2.58 bits per heavy atom. The van der Waals surface area contributed by atoms with Gasteiger partial charge >= 0.3 is 0 Å². The Morgan fingerprint density at radius 1 is 1.33 bits per heavy atom. The van der Waals surface area contributed by atoms with E-state index in [1.165, 1.54) is 0 Å². The van der Waals surface area contributed by atoms with E-state index in [-0.39, 0.29) is 0 Å². The lowest BCUT2D eigenvalue weighted by atomic mass is 10.1. The van der Waals surface area contributed by atoms with Crippen LogP contribution in [0.25, 0.3) is 0 Å². The van der Waals surface area contributed by atoms with Gasteiger partial charge in [0.1, 0.15) is 0 Å². The molecule has 2 heteroatoms. The molecule has 0 saturated carbocycles. The fourth-order valence-corrected chi connectivity index (χ4v) is 0.591. The predicted molar refractivity (Wildman–Crippen MR) is 55.9 cm³/mol. The van der Waals surface area contributed by atoms with Crippen LogP contribution in [0.3, 0.4) is 0 Å². The molecule has 2 nitrogen and oxygen atoms in total. The van der Waals surface area contributed by atoms with Crippen molar-refractivity contribution in [3.8, 4) is 0 Å². The van der Waals surface area contributed by atoms with Crippen molar-refractivity contribution in [1.82, 2.24) is 0 Å². The van der Waals surface area contributed by atoms with Crippen LogP contribution < -0.4 is 0 Å². The van der Waals surface area contributed by atoms with Crippen LogP contribution in [0.15, 0.2) is 22.9 Å². The third-order valence-corrected chi connectivity index (χ3v) is 1.53. The van der Waals surface area contributed by atoms with Gasteiger partial charge in [0.2, 0.25) is 0 Å². The fraction of sp³-hybridized carbons (Fsp3) is 0.600. The fourth-order valence-electron chi connectivity index (χ4n) is 0.591. The van der Waals surface area contributed by atoms with Crippen LogP contribution in [-0.2, 0) is 0 Å². The van der Waals surface area contributed by atoms with E-state index in [0.29, 0.717) is 5.92 Å². The van der Waals surface area contributed by atoms with Gasteiger partial charge in [-0.3, -0.25) is 0 Å². The van der Waals surface area contributed by atoms with Gasteiger partial charge in [-0.05, 0) is 18.8 Å². The number of allylic oxidation sites excluding steroid dienone is 1. The average Bonchev–Trinajstić information content (AvgIpc) is 2.10. The molecule has 0 rings (SSSR count). The number of hydrogen-bond acceptors (Lipinski definition) is 2. The van der Waals surface area contributed by atoms with Crippen molar-refractivity contribution < 1.29 is 0 Å². The highest BCUT2D eigenvalue weighted by atomic mass is 15.2. The summed E-state index contributed by atoms with van der Waals surface area (Å²) in [6.45, 7) is 7.92. The van der Waals surface area contributed by atoms with Gasteiger partial charge in [0.05, 0.1) is 0 Å². The first-order valence-electron chi connectivity index (χ1n) is 4.47. The minimum absolute atomic E-state index is 0.495. The summed E-state index contributed by atoms with van der Waals surface area (Å²) in [5, 5.41) is 7.77. The first-order chi connectivity index (χ1) is 5.81. The van der Waals surface area contributed by atoms with Crippen LogP contribution >= 0.6 is 0 Å². The highest BCUT2D eigenvalue weighted by Gasteiger charge is 1.89. The summed E-state index contributed by atoms with van der Waals surface area (Å²) in [6, 6.07) is 0. The Hall–Kier alpha value is -0.920. The molecule has 0 aliphatic carbocycles. The molecule has 0 N–H and O–H groups in total. The van der Waals surface area contributed by atoms with Crippen LogP contribution in [0, 0.1) is 5.92 Å². The maximum absolute atomic E-state index is 3.89. The second kappa shape index (κ2) is 8.18. The van der Waals surface area contributed by atoms with Crippen molar-refractivity contribution in [1.29, 1.82) is 0 Å². The molecule has 0 amide bonds. The monoisotopic (exact) mass is 166 g/mol. The van der Waals surface area contributed by atoms with Crippen molar-refractivity contribution in [2.45, 2.75) is 33.1 Å². The molecule has 1 unspecified atom stereocenters. The van der Waals surface area contributed by atoms with Crippen molar-refractivity contribution in [3.63, 3.8) is 0 Å². The van der Waals surface area contributed by atoms with E-state index in [1.807, 2.05) is 18.5 Å². The van der Waals surface area contributed by atoms with Gasteiger partial charge in [-0.1, -0.05) is 26.3 Å². The van der Waals surface area contributed by atoms with Gasteiger partial charge in [0, 0.05) is 12.4 Å². The maximum Gasteiger partial charge on any atom is 0.0275 e. The summed E-state index contributed by atoms with van der Waals surface area (Å²) in [5.74, 6) is 0.495. The van der Waals surface area contributed by atoms with Crippen LogP contribution in [-0.4, -0.2) is 12.4 Å². The van der Waals surface area contributed by atoms with Crippen molar-refractivity contribution in [2.75, 3.05) is 0 Å². The van der Waals surface area contributed by atoms with E-state index in [2.05, 4.69) is 30.6 Å². The molecule has 0 aliphatic heterocycles. The van der Waals surface area contributed by atoms with Gasteiger partial charge in [-0.2, -0.15) is 10.2 Å². The average molecular weight is 166 g/mol. The SMILES string of the molecule is C=CC(C)CC=N/N=C/CCC. The number of hydrogen-bond donors (Lipinski definition) is 0. The lowest BCUT2D eigenvalue weighted by Gasteiger charge is -1.95. The van der Waals surface area contributed by atoms with Gasteiger partial charge in [-0.15, -0.1) is 6.58 Å². The van der Waals surface area contributed by atoms with Gasteiger partial charge < -0.3 is 0 Å². The predicted octanol–water partition coefficient (Wildman–Crippen LogP) is 3.06. The molecule has 0 aromatic heterocycles. The highest BCUT2D eigenvalue weighted by Crippen LogP contribution is 1.98. The Bertz CT molecular complexity index is 159. The molecule has 0 spiro atoms. The molecule has 0 radical (unpaired) electrons. The highest BCUT2D eigenvalue weighted by molar-refractivity contribution is 5.61. The van der Waals surface area contributed by atoms with E-state index in [9.17, 15) is 0 Å². The lowest BCUT2D eigenvalue weighted by Crippen LogP contribution is -1.88. The van der Waals surface area contributed by atoms with Crippen molar-refractivity contribution in [2.24, 2.45) is 16.1 Å². The molecule has 12 heavy (non-hydrogen) atoms. The molecule has 0 heterocycles. The third-order valence-electron chi connectivity index (χ3n) is 1.53.